The van der Waals surface area contributed by atoms with E-state index in [-0.39, 0.29) is 5.75 Å². The molecule has 0 spiro atoms. The van der Waals surface area contributed by atoms with Gasteiger partial charge >= 0.3 is 0 Å². The normalized spacial score (nSPS) is 18.0. The number of benzene rings is 1. The molecule has 0 saturated carbocycles. The van der Waals surface area contributed by atoms with Gasteiger partial charge in [0.05, 0.1) is 10.6 Å². The van der Waals surface area contributed by atoms with Gasteiger partial charge in [-0.1, -0.05) is 18.2 Å². The Bertz CT molecular complexity index is 738. The maximum absolute atomic E-state index is 12.2. The molecule has 1 N–H and O–H groups in total. The Kier molecular flexibility index (Phi) is 5.42. The lowest BCUT2D eigenvalue weighted by Gasteiger charge is -2.25. The van der Waals surface area contributed by atoms with Crippen LogP contribution in [0.1, 0.15) is 12.8 Å². The lowest BCUT2D eigenvalue weighted by molar-refractivity contribution is 0.569. The zero-order chi connectivity index (χ0) is 16.8. The van der Waals surface area contributed by atoms with Crippen LogP contribution in [-0.2, 0) is 9.84 Å². The Balaban J connectivity index is 1.50. The van der Waals surface area contributed by atoms with E-state index in [0.29, 0.717) is 17.5 Å². The highest BCUT2D eigenvalue weighted by Crippen LogP contribution is 2.22. The van der Waals surface area contributed by atoms with Gasteiger partial charge in [-0.3, -0.25) is 0 Å². The van der Waals surface area contributed by atoms with Crippen LogP contribution in [0.5, 0.6) is 0 Å². The quantitative estimate of drug-likeness (QED) is 0.766. The number of aromatic nitrogens is 2. The van der Waals surface area contributed by atoms with Crippen molar-refractivity contribution in [3.63, 3.8) is 0 Å². The summed E-state index contributed by atoms with van der Waals surface area (Å²) in [7, 11) is -3.22. The minimum absolute atomic E-state index is 0.106. The Labute approximate surface area is 142 Å². The molecule has 3 rings (SSSR count). The second kappa shape index (κ2) is 7.72. The predicted octanol–water partition coefficient (Wildman–Crippen LogP) is 1.51. The second-order valence-corrected chi connectivity index (χ2v) is 8.02. The summed E-state index contributed by atoms with van der Waals surface area (Å²) in [6.07, 6.45) is 3.86. The third kappa shape index (κ3) is 4.10. The van der Waals surface area contributed by atoms with E-state index >= 15 is 0 Å². The summed E-state index contributed by atoms with van der Waals surface area (Å²) in [6, 6.07) is 12.8. The van der Waals surface area contributed by atoms with Crippen molar-refractivity contribution in [3.05, 3.63) is 48.7 Å². The monoisotopic (exact) mass is 346 g/mol. The summed E-state index contributed by atoms with van der Waals surface area (Å²) >= 11 is 0. The first-order valence-electron chi connectivity index (χ1n) is 8.20. The van der Waals surface area contributed by atoms with E-state index in [9.17, 15) is 8.42 Å². The number of hydrogen-bond donors (Lipinski definition) is 1. The molecule has 1 aliphatic heterocycles. The van der Waals surface area contributed by atoms with E-state index in [1.54, 1.807) is 30.5 Å². The summed E-state index contributed by atoms with van der Waals surface area (Å²) in [5, 5.41) is 11.4. The summed E-state index contributed by atoms with van der Waals surface area (Å²) in [5.41, 5.74) is 0. The molecule has 1 atom stereocenters. The van der Waals surface area contributed by atoms with Crippen LogP contribution in [0, 0.1) is 0 Å². The zero-order valence-corrected chi connectivity index (χ0v) is 14.3. The number of sulfone groups is 1. The summed E-state index contributed by atoms with van der Waals surface area (Å²) in [6.45, 7) is 2.16. The van der Waals surface area contributed by atoms with Crippen LogP contribution in [0.3, 0.4) is 0 Å². The Morgan fingerprint density at radius 1 is 1.17 bits per heavy atom. The fourth-order valence-corrected chi connectivity index (χ4v) is 4.24. The molecule has 0 bridgehead atoms. The summed E-state index contributed by atoms with van der Waals surface area (Å²) in [4.78, 5) is 2.62. The number of anilines is 1. The molecule has 2 aromatic rings. The molecule has 24 heavy (non-hydrogen) atoms. The molecule has 128 valence electrons. The number of rotatable bonds is 7. The van der Waals surface area contributed by atoms with Crippen LogP contribution in [0.15, 0.2) is 53.6 Å². The number of hydrogen-bond acceptors (Lipinski definition) is 6. The van der Waals surface area contributed by atoms with Gasteiger partial charge in [-0.25, -0.2) is 8.42 Å². The smallest absolute Gasteiger partial charge is 0.179 e. The number of nitrogens with zero attached hydrogens (tertiary/aromatic N) is 3. The van der Waals surface area contributed by atoms with Crippen molar-refractivity contribution in [2.45, 2.75) is 23.8 Å². The van der Waals surface area contributed by atoms with E-state index in [1.807, 2.05) is 18.2 Å². The molecule has 1 aromatic carbocycles. The highest BCUT2D eigenvalue weighted by Gasteiger charge is 2.25. The van der Waals surface area contributed by atoms with Gasteiger partial charge in [0, 0.05) is 31.9 Å². The maximum Gasteiger partial charge on any atom is 0.179 e. The minimum Gasteiger partial charge on any atom is -0.351 e. The predicted molar refractivity (Wildman–Crippen MR) is 93.8 cm³/mol. The van der Waals surface area contributed by atoms with Crippen LogP contribution in [-0.4, -0.2) is 50.0 Å². The average Bonchev–Trinajstić information content (AvgIpc) is 3.09. The van der Waals surface area contributed by atoms with Crippen molar-refractivity contribution in [2.24, 2.45) is 0 Å². The average molecular weight is 346 g/mol. The topological polar surface area (TPSA) is 75.2 Å². The fourth-order valence-electron chi connectivity index (χ4n) is 3.02. The Morgan fingerprint density at radius 3 is 2.75 bits per heavy atom. The Morgan fingerprint density at radius 2 is 2.00 bits per heavy atom. The van der Waals surface area contributed by atoms with Crippen LogP contribution < -0.4 is 10.2 Å². The molecule has 0 unspecified atom stereocenters. The van der Waals surface area contributed by atoms with Crippen LogP contribution >= 0.6 is 0 Å². The summed E-state index contributed by atoms with van der Waals surface area (Å²) < 4.78 is 24.5. The van der Waals surface area contributed by atoms with Gasteiger partial charge in [0.2, 0.25) is 0 Å². The highest BCUT2D eigenvalue weighted by atomic mass is 32.2. The molecule has 0 aliphatic carbocycles. The highest BCUT2D eigenvalue weighted by molar-refractivity contribution is 7.91. The third-order valence-corrected chi connectivity index (χ3v) is 5.99. The van der Waals surface area contributed by atoms with Crippen molar-refractivity contribution in [3.8, 4) is 0 Å². The number of nitrogens with one attached hydrogen (secondary N) is 1. The van der Waals surface area contributed by atoms with Gasteiger partial charge in [0.25, 0.3) is 0 Å². The summed E-state index contributed by atoms with van der Waals surface area (Å²) in [5.74, 6) is 0.994. The lowest BCUT2D eigenvalue weighted by Crippen LogP contribution is -2.39. The molecule has 2 heterocycles. The second-order valence-electron chi connectivity index (χ2n) is 5.91. The van der Waals surface area contributed by atoms with Crippen molar-refractivity contribution >= 4 is 15.7 Å². The molecule has 1 aromatic heterocycles. The van der Waals surface area contributed by atoms with E-state index in [2.05, 4.69) is 20.4 Å². The molecular formula is C17H22N4O2S. The standard InChI is InChI=1S/C17H22N4O2S/c22-24(23,16-7-2-1-3-8-16)13-11-18-14-15-6-5-12-21(15)17-9-4-10-19-20-17/h1-4,7-10,15,18H,5-6,11-14H2/t15-/m0/s1. The van der Waals surface area contributed by atoms with E-state index < -0.39 is 9.84 Å². The molecule has 0 radical (unpaired) electrons. The minimum atomic E-state index is -3.22. The van der Waals surface area contributed by atoms with Crippen molar-refractivity contribution in [1.29, 1.82) is 0 Å². The van der Waals surface area contributed by atoms with Crippen molar-refractivity contribution < 1.29 is 8.42 Å². The van der Waals surface area contributed by atoms with Crippen LogP contribution in [0.2, 0.25) is 0 Å². The maximum atomic E-state index is 12.2. The van der Waals surface area contributed by atoms with Crippen LogP contribution in [0.25, 0.3) is 0 Å². The first kappa shape index (κ1) is 16.9. The van der Waals surface area contributed by atoms with Crippen LogP contribution in [0.4, 0.5) is 5.82 Å². The SMILES string of the molecule is O=S(=O)(CCNC[C@@H]1CCCN1c1cccnn1)c1ccccc1. The molecule has 7 heteroatoms. The van der Waals surface area contributed by atoms with Gasteiger partial charge in [-0.05, 0) is 37.1 Å². The van der Waals surface area contributed by atoms with Gasteiger partial charge in [-0.2, -0.15) is 5.10 Å². The molecular weight excluding hydrogens is 324 g/mol. The van der Waals surface area contributed by atoms with E-state index in [0.717, 1.165) is 31.7 Å². The van der Waals surface area contributed by atoms with Gasteiger partial charge in [0.15, 0.2) is 15.7 Å². The van der Waals surface area contributed by atoms with E-state index in [1.165, 1.54) is 0 Å². The zero-order valence-electron chi connectivity index (χ0n) is 13.5. The van der Waals surface area contributed by atoms with E-state index in [4.69, 9.17) is 0 Å². The fraction of sp³-hybridized carbons (Fsp3) is 0.412. The first-order valence-corrected chi connectivity index (χ1v) is 9.85. The van der Waals surface area contributed by atoms with Gasteiger partial charge in [-0.15, -0.1) is 5.10 Å². The van der Waals surface area contributed by atoms with Gasteiger partial charge < -0.3 is 10.2 Å². The largest absolute Gasteiger partial charge is 0.351 e. The first-order chi connectivity index (χ1) is 11.7. The molecule has 0 amide bonds. The molecule has 6 nitrogen and oxygen atoms in total. The van der Waals surface area contributed by atoms with Gasteiger partial charge in [0.1, 0.15) is 0 Å². The van der Waals surface area contributed by atoms with Crippen molar-refractivity contribution in [2.75, 3.05) is 30.3 Å². The lowest BCUT2D eigenvalue weighted by atomic mass is 10.2. The third-order valence-electron chi connectivity index (χ3n) is 4.26. The Hall–Kier alpha value is -1.99. The molecule has 1 fully saturated rings. The molecule has 1 aliphatic rings. The van der Waals surface area contributed by atoms with Crippen molar-refractivity contribution in [1.82, 2.24) is 15.5 Å². The molecule has 1 saturated heterocycles.